The Balaban J connectivity index is 1.05. The zero-order chi connectivity index (χ0) is 45.0. The van der Waals surface area contributed by atoms with Crippen molar-refractivity contribution in [2.45, 2.75) is 0 Å². The summed E-state index contributed by atoms with van der Waals surface area (Å²) in [6, 6.07) is 88.1. The lowest BCUT2D eigenvalue weighted by molar-refractivity contribution is 1.07. The van der Waals surface area contributed by atoms with Crippen LogP contribution in [0.3, 0.4) is 0 Å². The number of benzene rings is 10. The molecule has 0 fully saturated rings. The Morgan fingerprint density at radius 2 is 0.588 bits per heavy atom. The van der Waals surface area contributed by atoms with Crippen molar-refractivity contribution in [3.05, 3.63) is 249 Å². The van der Waals surface area contributed by atoms with Gasteiger partial charge in [-0.1, -0.05) is 194 Å². The molecular formula is C63H41N5. The lowest BCUT2D eigenvalue weighted by atomic mass is 9.99. The molecule has 0 bridgehead atoms. The van der Waals surface area contributed by atoms with E-state index in [0.717, 1.165) is 83.5 Å². The second kappa shape index (κ2) is 16.4. The van der Waals surface area contributed by atoms with Crippen LogP contribution in [0.2, 0.25) is 0 Å². The Labute approximate surface area is 393 Å². The summed E-state index contributed by atoms with van der Waals surface area (Å²) in [6.45, 7) is 0. The fourth-order valence-electron chi connectivity index (χ4n) is 10.0. The van der Waals surface area contributed by atoms with Crippen LogP contribution in [0, 0.1) is 0 Å². The highest BCUT2D eigenvalue weighted by Gasteiger charge is 2.21. The Morgan fingerprint density at radius 3 is 1.10 bits per heavy atom. The third kappa shape index (κ3) is 6.68. The van der Waals surface area contributed by atoms with Crippen LogP contribution in [-0.4, -0.2) is 24.1 Å². The Hall–Kier alpha value is -9.19. The van der Waals surface area contributed by atoms with Crippen molar-refractivity contribution in [2.75, 3.05) is 0 Å². The minimum atomic E-state index is 0.587. The molecule has 13 aromatic rings. The minimum Gasteiger partial charge on any atom is -0.309 e. The monoisotopic (exact) mass is 867 g/mol. The predicted molar refractivity (Wildman–Crippen MR) is 281 cm³/mol. The van der Waals surface area contributed by atoms with E-state index in [9.17, 15) is 0 Å². The zero-order valence-corrected chi connectivity index (χ0v) is 36.9. The largest absolute Gasteiger partial charge is 0.309 e. The van der Waals surface area contributed by atoms with Crippen LogP contribution in [-0.2, 0) is 0 Å². The van der Waals surface area contributed by atoms with Crippen LogP contribution in [0.1, 0.15) is 0 Å². The topological polar surface area (TPSA) is 48.5 Å². The molecule has 3 aromatic heterocycles. The summed E-state index contributed by atoms with van der Waals surface area (Å²) in [6.07, 6.45) is 0. The average molecular weight is 868 g/mol. The summed E-state index contributed by atoms with van der Waals surface area (Å²) in [5.41, 5.74) is 16.0. The first-order valence-corrected chi connectivity index (χ1v) is 23.0. The molecule has 10 aromatic carbocycles. The first kappa shape index (κ1) is 39.2. The molecule has 0 spiro atoms. The number of para-hydroxylation sites is 4. The zero-order valence-electron chi connectivity index (χ0n) is 36.9. The molecule has 3 heterocycles. The SMILES string of the molecule is c1ccc(-c2cccc(-c3nc(-c4ccc(-n5c6ccccc6c6ccccc65)c(-c5ccccc5)c4)nc(-c4ccc(-c5ccccc5)c(-n5c6ccccc6c6ccccc65)c4)n3)c2)cc1. The number of aromatic nitrogens is 5. The highest BCUT2D eigenvalue weighted by atomic mass is 15.0. The Bertz CT molecular complexity index is 3910. The molecule has 0 unspecified atom stereocenters. The second-order valence-electron chi connectivity index (χ2n) is 17.2. The highest BCUT2D eigenvalue weighted by molar-refractivity contribution is 6.11. The summed E-state index contributed by atoms with van der Waals surface area (Å²) in [7, 11) is 0. The molecule has 0 saturated heterocycles. The quantitative estimate of drug-likeness (QED) is 0.153. The van der Waals surface area contributed by atoms with Crippen molar-refractivity contribution in [2.24, 2.45) is 0 Å². The number of rotatable bonds is 8. The van der Waals surface area contributed by atoms with Gasteiger partial charge in [-0.25, -0.2) is 15.0 Å². The van der Waals surface area contributed by atoms with Gasteiger partial charge in [0.1, 0.15) is 0 Å². The van der Waals surface area contributed by atoms with Crippen LogP contribution in [0.15, 0.2) is 249 Å². The maximum Gasteiger partial charge on any atom is 0.164 e. The van der Waals surface area contributed by atoms with E-state index in [-0.39, 0.29) is 0 Å². The molecule has 0 aliphatic carbocycles. The van der Waals surface area contributed by atoms with Gasteiger partial charge in [0, 0.05) is 49.4 Å². The van der Waals surface area contributed by atoms with E-state index in [1.807, 2.05) is 6.07 Å². The van der Waals surface area contributed by atoms with Gasteiger partial charge in [-0.15, -0.1) is 0 Å². The fraction of sp³-hybridized carbons (Fsp3) is 0. The molecule has 0 amide bonds. The summed E-state index contributed by atoms with van der Waals surface area (Å²) in [4.78, 5) is 16.1. The van der Waals surface area contributed by atoms with Gasteiger partial charge in [0.25, 0.3) is 0 Å². The van der Waals surface area contributed by atoms with E-state index >= 15 is 0 Å². The molecule has 0 N–H and O–H groups in total. The summed E-state index contributed by atoms with van der Waals surface area (Å²) in [5.74, 6) is 1.78. The number of fused-ring (bicyclic) bond motifs is 6. The van der Waals surface area contributed by atoms with Crippen LogP contribution >= 0.6 is 0 Å². The van der Waals surface area contributed by atoms with Crippen molar-refractivity contribution in [1.29, 1.82) is 0 Å². The van der Waals surface area contributed by atoms with Gasteiger partial charge in [0.15, 0.2) is 17.5 Å². The van der Waals surface area contributed by atoms with Crippen molar-refractivity contribution < 1.29 is 0 Å². The van der Waals surface area contributed by atoms with Gasteiger partial charge >= 0.3 is 0 Å². The molecule has 5 nitrogen and oxygen atoms in total. The van der Waals surface area contributed by atoms with Gasteiger partial charge in [-0.2, -0.15) is 0 Å². The number of hydrogen-bond acceptors (Lipinski definition) is 3. The first-order valence-electron chi connectivity index (χ1n) is 23.0. The summed E-state index contributed by atoms with van der Waals surface area (Å²) >= 11 is 0. The molecule has 13 rings (SSSR count). The summed E-state index contributed by atoms with van der Waals surface area (Å²) in [5, 5.41) is 4.84. The van der Waals surface area contributed by atoms with E-state index in [0.29, 0.717) is 17.5 Å². The summed E-state index contributed by atoms with van der Waals surface area (Å²) < 4.78 is 4.78. The van der Waals surface area contributed by atoms with Crippen LogP contribution < -0.4 is 0 Å². The fourth-order valence-corrected chi connectivity index (χ4v) is 10.0. The average Bonchev–Trinajstić information content (AvgIpc) is 3.94. The smallest absolute Gasteiger partial charge is 0.164 e. The third-order valence-corrected chi connectivity index (χ3v) is 13.2. The van der Waals surface area contributed by atoms with E-state index in [1.165, 1.54) is 21.5 Å². The maximum absolute atomic E-state index is 5.42. The second-order valence-corrected chi connectivity index (χ2v) is 17.2. The molecule has 0 aliphatic rings. The van der Waals surface area contributed by atoms with E-state index in [4.69, 9.17) is 15.0 Å². The van der Waals surface area contributed by atoms with Crippen LogP contribution in [0.25, 0.3) is 123 Å². The van der Waals surface area contributed by atoms with Crippen molar-refractivity contribution in [1.82, 2.24) is 24.1 Å². The standard InChI is InChI=1S/C63H41N5/c1-4-19-42(20-5-1)45-25-18-26-46(39-45)61-64-62(47-36-38-59(54(40-47)44-23-8-3-9-24-44)67-55-31-14-10-27-50(55)51-28-11-15-32-56(51)67)66-63(65-61)48-35-37-49(43-21-6-2-7-22-43)60(41-48)68-57-33-16-12-29-52(57)53-30-13-17-34-58(53)68/h1-41H. The van der Waals surface area contributed by atoms with Gasteiger partial charge in [0.2, 0.25) is 0 Å². The van der Waals surface area contributed by atoms with Gasteiger partial charge in [-0.05, 0) is 76.9 Å². The lowest BCUT2D eigenvalue weighted by Crippen LogP contribution is -2.03. The van der Waals surface area contributed by atoms with Crippen LogP contribution in [0.4, 0.5) is 0 Å². The van der Waals surface area contributed by atoms with E-state index in [2.05, 4.69) is 252 Å². The van der Waals surface area contributed by atoms with E-state index in [1.54, 1.807) is 0 Å². The van der Waals surface area contributed by atoms with Crippen molar-refractivity contribution in [3.8, 4) is 78.9 Å². The highest BCUT2D eigenvalue weighted by Crippen LogP contribution is 2.41. The molecule has 0 saturated carbocycles. The Morgan fingerprint density at radius 1 is 0.221 bits per heavy atom. The molecule has 318 valence electrons. The van der Waals surface area contributed by atoms with Gasteiger partial charge < -0.3 is 9.13 Å². The maximum atomic E-state index is 5.42. The third-order valence-electron chi connectivity index (χ3n) is 13.2. The molecule has 0 aliphatic heterocycles. The lowest BCUT2D eigenvalue weighted by Gasteiger charge is -2.17. The molecule has 0 radical (unpaired) electrons. The molecular weight excluding hydrogens is 827 g/mol. The molecule has 0 atom stereocenters. The van der Waals surface area contributed by atoms with Gasteiger partial charge in [0.05, 0.1) is 33.4 Å². The van der Waals surface area contributed by atoms with Crippen LogP contribution in [0.5, 0.6) is 0 Å². The minimum absolute atomic E-state index is 0.587. The number of nitrogens with zero attached hydrogens (tertiary/aromatic N) is 5. The normalized spacial score (nSPS) is 11.5. The van der Waals surface area contributed by atoms with Crippen molar-refractivity contribution in [3.63, 3.8) is 0 Å². The molecule has 5 heteroatoms. The van der Waals surface area contributed by atoms with E-state index < -0.39 is 0 Å². The molecule has 68 heavy (non-hydrogen) atoms. The predicted octanol–water partition coefficient (Wildman–Crippen LogP) is 16.1. The number of hydrogen-bond donors (Lipinski definition) is 0. The van der Waals surface area contributed by atoms with Gasteiger partial charge in [-0.3, -0.25) is 0 Å². The van der Waals surface area contributed by atoms with Crippen molar-refractivity contribution >= 4 is 43.6 Å². The first-order chi connectivity index (χ1) is 33.7. The Kier molecular flexibility index (Phi) is 9.43.